The summed E-state index contributed by atoms with van der Waals surface area (Å²) in [6.07, 6.45) is -0.0110. The number of rotatable bonds is 4. The SMILES string of the molecule is COc1cc(F)c(C(C)(C)N)cc1OC(C)C. The van der Waals surface area contributed by atoms with Crippen LogP contribution >= 0.6 is 0 Å². The smallest absolute Gasteiger partial charge is 0.163 e. The van der Waals surface area contributed by atoms with Crippen molar-refractivity contribution in [2.75, 3.05) is 7.11 Å². The molecule has 0 fully saturated rings. The fourth-order valence-electron chi connectivity index (χ4n) is 1.53. The van der Waals surface area contributed by atoms with Crippen LogP contribution < -0.4 is 15.2 Å². The van der Waals surface area contributed by atoms with Crippen molar-refractivity contribution in [2.24, 2.45) is 5.73 Å². The van der Waals surface area contributed by atoms with Crippen LogP contribution in [0.2, 0.25) is 0 Å². The molecule has 0 saturated carbocycles. The maximum Gasteiger partial charge on any atom is 0.163 e. The minimum Gasteiger partial charge on any atom is -0.493 e. The number of methoxy groups -OCH3 is 1. The van der Waals surface area contributed by atoms with E-state index in [1.54, 1.807) is 19.9 Å². The van der Waals surface area contributed by atoms with Gasteiger partial charge in [0.2, 0.25) is 0 Å². The Kier molecular flexibility index (Phi) is 3.98. The molecule has 0 heterocycles. The van der Waals surface area contributed by atoms with Crippen LogP contribution in [-0.2, 0) is 5.54 Å². The van der Waals surface area contributed by atoms with Gasteiger partial charge < -0.3 is 15.2 Å². The first-order chi connectivity index (χ1) is 7.75. The third-order valence-electron chi connectivity index (χ3n) is 2.31. The summed E-state index contributed by atoms with van der Waals surface area (Å²) < 4.78 is 24.5. The standard InChI is InChI=1S/C13H20FNO2/c1-8(2)17-12-6-9(13(3,4)15)10(14)7-11(12)16-5/h6-8H,15H2,1-5H3. The first-order valence-electron chi connectivity index (χ1n) is 5.59. The molecule has 0 saturated heterocycles. The molecule has 0 aliphatic heterocycles. The highest BCUT2D eigenvalue weighted by molar-refractivity contribution is 5.45. The maximum atomic E-state index is 13.8. The number of halogens is 1. The zero-order valence-electron chi connectivity index (χ0n) is 11.0. The summed E-state index contributed by atoms with van der Waals surface area (Å²) in [6, 6.07) is 2.91. The van der Waals surface area contributed by atoms with Crippen LogP contribution in [0.3, 0.4) is 0 Å². The lowest BCUT2D eigenvalue weighted by Crippen LogP contribution is -2.30. The molecule has 0 aliphatic rings. The molecule has 1 aromatic rings. The first-order valence-corrected chi connectivity index (χ1v) is 5.59. The molecule has 96 valence electrons. The van der Waals surface area contributed by atoms with Gasteiger partial charge in [0.25, 0.3) is 0 Å². The molecule has 1 aromatic carbocycles. The van der Waals surface area contributed by atoms with Gasteiger partial charge in [-0.15, -0.1) is 0 Å². The van der Waals surface area contributed by atoms with Gasteiger partial charge in [0.15, 0.2) is 11.5 Å². The predicted molar refractivity (Wildman–Crippen MR) is 65.9 cm³/mol. The summed E-state index contributed by atoms with van der Waals surface area (Å²) in [5.41, 5.74) is 5.57. The van der Waals surface area contributed by atoms with E-state index in [2.05, 4.69) is 0 Å². The minimum atomic E-state index is -0.758. The van der Waals surface area contributed by atoms with Crippen LogP contribution in [-0.4, -0.2) is 13.2 Å². The quantitative estimate of drug-likeness (QED) is 0.881. The largest absolute Gasteiger partial charge is 0.493 e. The number of benzene rings is 1. The van der Waals surface area contributed by atoms with Gasteiger partial charge in [-0.3, -0.25) is 0 Å². The highest BCUT2D eigenvalue weighted by Crippen LogP contribution is 2.34. The van der Waals surface area contributed by atoms with Gasteiger partial charge in [0, 0.05) is 17.2 Å². The minimum absolute atomic E-state index is 0.0110. The molecular weight excluding hydrogens is 221 g/mol. The molecule has 1 rings (SSSR count). The van der Waals surface area contributed by atoms with E-state index >= 15 is 0 Å². The van der Waals surface area contributed by atoms with Crippen LogP contribution in [0.15, 0.2) is 12.1 Å². The van der Waals surface area contributed by atoms with Crippen molar-refractivity contribution in [3.05, 3.63) is 23.5 Å². The lowest BCUT2D eigenvalue weighted by Gasteiger charge is -2.22. The summed E-state index contributed by atoms with van der Waals surface area (Å²) >= 11 is 0. The van der Waals surface area contributed by atoms with Gasteiger partial charge >= 0.3 is 0 Å². The molecule has 0 atom stereocenters. The van der Waals surface area contributed by atoms with E-state index < -0.39 is 5.54 Å². The summed E-state index contributed by atoms with van der Waals surface area (Å²) in [5.74, 6) is 0.507. The Balaban J connectivity index is 3.27. The monoisotopic (exact) mass is 241 g/mol. The first kappa shape index (κ1) is 13.8. The molecule has 0 aliphatic carbocycles. The molecule has 0 aromatic heterocycles. The average molecular weight is 241 g/mol. The summed E-state index contributed by atoms with van der Waals surface area (Å²) in [5, 5.41) is 0. The number of hydrogen-bond donors (Lipinski definition) is 1. The zero-order chi connectivity index (χ0) is 13.2. The van der Waals surface area contributed by atoms with E-state index in [-0.39, 0.29) is 11.9 Å². The van der Waals surface area contributed by atoms with Crippen LogP contribution in [0, 0.1) is 5.82 Å². The van der Waals surface area contributed by atoms with Gasteiger partial charge in [0.05, 0.1) is 13.2 Å². The zero-order valence-corrected chi connectivity index (χ0v) is 11.0. The van der Waals surface area contributed by atoms with Crippen LogP contribution in [0.1, 0.15) is 33.3 Å². The Bertz CT molecular complexity index is 397. The second-order valence-electron chi connectivity index (χ2n) is 4.87. The van der Waals surface area contributed by atoms with Crippen molar-refractivity contribution in [1.29, 1.82) is 0 Å². The maximum absolute atomic E-state index is 13.8. The van der Waals surface area contributed by atoms with Crippen molar-refractivity contribution in [3.8, 4) is 11.5 Å². The molecule has 4 heteroatoms. The summed E-state index contributed by atoms with van der Waals surface area (Å²) in [4.78, 5) is 0. The molecular formula is C13H20FNO2. The Labute approximate surface area is 102 Å². The van der Waals surface area contributed by atoms with Crippen LogP contribution in [0.25, 0.3) is 0 Å². The van der Waals surface area contributed by atoms with Gasteiger partial charge in [-0.1, -0.05) is 0 Å². The van der Waals surface area contributed by atoms with E-state index in [0.29, 0.717) is 17.1 Å². The second-order valence-corrected chi connectivity index (χ2v) is 4.87. The third kappa shape index (κ3) is 3.33. The van der Waals surface area contributed by atoms with Crippen LogP contribution in [0.5, 0.6) is 11.5 Å². The number of nitrogens with two attached hydrogens (primary N) is 1. The van der Waals surface area contributed by atoms with Crippen LogP contribution in [0.4, 0.5) is 4.39 Å². The van der Waals surface area contributed by atoms with E-state index in [1.165, 1.54) is 13.2 Å². The fraction of sp³-hybridized carbons (Fsp3) is 0.538. The van der Waals surface area contributed by atoms with Gasteiger partial charge in [-0.25, -0.2) is 4.39 Å². The lowest BCUT2D eigenvalue weighted by atomic mass is 9.94. The van der Waals surface area contributed by atoms with E-state index in [1.807, 2.05) is 13.8 Å². The highest BCUT2D eigenvalue weighted by Gasteiger charge is 2.22. The highest BCUT2D eigenvalue weighted by atomic mass is 19.1. The lowest BCUT2D eigenvalue weighted by molar-refractivity contribution is 0.228. The van der Waals surface area contributed by atoms with Crippen molar-refractivity contribution in [3.63, 3.8) is 0 Å². The number of hydrogen-bond acceptors (Lipinski definition) is 3. The van der Waals surface area contributed by atoms with Crippen molar-refractivity contribution >= 4 is 0 Å². The Morgan fingerprint density at radius 3 is 2.24 bits per heavy atom. The molecule has 0 radical (unpaired) electrons. The molecule has 17 heavy (non-hydrogen) atoms. The normalized spacial score (nSPS) is 11.8. The summed E-state index contributed by atoms with van der Waals surface area (Å²) in [6.45, 7) is 7.29. The molecule has 3 nitrogen and oxygen atoms in total. The Hall–Kier alpha value is -1.29. The Morgan fingerprint density at radius 2 is 1.82 bits per heavy atom. The van der Waals surface area contributed by atoms with Gasteiger partial charge in [-0.05, 0) is 33.8 Å². The topological polar surface area (TPSA) is 44.5 Å². The van der Waals surface area contributed by atoms with Crippen molar-refractivity contribution < 1.29 is 13.9 Å². The second kappa shape index (κ2) is 4.92. The number of ether oxygens (including phenoxy) is 2. The fourth-order valence-corrected chi connectivity index (χ4v) is 1.53. The molecule has 0 bridgehead atoms. The molecule has 0 amide bonds. The van der Waals surface area contributed by atoms with E-state index in [4.69, 9.17) is 15.2 Å². The van der Waals surface area contributed by atoms with Gasteiger partial charge in [-0.2, -0.15) is 0 Å². The van der Waals surface area contributed by atoms with Gasteiger partial charge in [0.1, 0.15) is 5.82 Å². The average Bonchev–Trinajstić information content (AvgIpc) is 2.17. The Morgan fingerprint density at radius 1 is 1.24 bits per heavy atom. The summed E-state index contributed by atoms with van der Waals surface area (Å²) in [7, 11) is 1.48. The van der Waals surface area contributed by atoms with E-state index in [0.717, 1.165) is 0 Å². The van der Waals surface area contributed by atoms with E-state index in [9.17, 15) is 4.39 Å². The van der Waals surface area contributed by atoms with Crippen molar-refractivity contribution in [1.82, 2.24) is 0 Å². The predicted octanol–water partition coefficient (Wildman–Crippen LogP) is 2.82. The molecule has 0 spiro atoms. The van der Waals surface area contributed by atoms with Crippen molar-refractivity contribution in [2.45, 2.75) is 39.3 Å². The third-order valence-corrected chi connectivity index (χ3v) is 2.31. The molecule has 2 N–H and O–H groups in total. The molecule has 0 unspecified atom stereocenters.